The quantitative estimate of drug-likeness (QED) is 0.227. The fraction of sp³-hybridized carbons (Fsp3) is 0.774. The number of amides is 2. The number of hydrogen-bond acceptors (Lipinski definition) is 15. The van der Waals surface area contributed by atoms with E-state index in [-0.39, 0.29) is 11.2 Å². The van der Waals surface area contributed by atoms with Crippen LogP contribution in [0.4, 0.5) is 4.79 Å². The minimum Gasteiger partial charge on any atom is -0.466 e. The molecule has 0 unspecified atom stereocenters. The van der Waals surface area contributed by atoms with Gasteiger partial charge in [0.25, 0.3) is 5.91 Å². The average Bonchev–Trinajstić information content (AvgIpc) is 3.29. The summed E-state index contributed by atoms with van der Waals surface area (Å²) in [6.45, 7) is 2.99. The molecule has 4 saturated carbocycles. The van der Waals surface area contributed by atoms with Crippen molar-refractivity contribution in [2.75, 3.05) is 20.3 Å². The maximum Gasteiger partial charge on any atom is 0.417 e. The zero-order valence-electron chi connectivity index (χ0n) is 27.1. The van der Waals surface area contributed by atoms with Crippen LogP contribution in [0.25, 0.3) is 0 Å². The second-order valence-corrected chi connectivity index (χ2v) is 14.9. The Kier molecular flexibility index (Phi) is 10.1. The molecule has 0 N–H and O–H groups in total. The van der Waals surface area contributed by atoms with Crippen molar-refractivity contribution in [3.8, 4) is 0 Å². The number of imide groups is 1. The zero-order valence-corrected chi connectivity index (χ0v) is 27.9. The number of methoxy groups -OCH3 is 1. The van der Waals surface area contributed by atoms with Gasteiger partial charge in [0.1, 0.15) is 24.9 Å². The van der Waals surface area contributed by atoms with Crippen LogP contribution in [0.1, 0.15) is 72.6 Å². The van der Waals surface area contributed by atoms with E-state index in [9.17, 15) is 33.6 Å². The van der Waals surface area contributed by atoms with Gasteiger partial charge in [0, 0.05) is 38.9 Å². The largest absolute Gasteiger partial charge is 0.466 e. The first-order chi connectivity index (χ1) is 22.1. The lowest BCUT2D eigenvalue weighted by Gasteiger charge is -2.59. The van der Waals surface area contributed by atoms with Crippen molar-refractivity contribution in [3.63, 3.8) is 0 Å². The molecule has 6 atom stereocenters. The van der Waals surface area contributed by atoms with Crippen LogP contribution in [-0.4, -0.2) is 107 Å². The number of carbonyl (C=O) groups is 7. The summed E-state index contributed by atoms with van der Waals surface area (Å²) in [5, 5.41) is 0. The van der Waals surface area contributed by atoms with Crippen molar-refractivity contribution < 1.29 is 66.7 Å². The van der Waals surface area contributed by atoms with Gasteiger partial charge in [-0.3, -0.25) is 24.0 Å². The highest BCUT2D eigenvalue weighted by atomic mass is 32.2. The number of hydrogen-bond donors (Lipinski definition) is 0. The SMILES string of the molecule is COC(=O)[C@]1(SC23CC4CC(CC(C4)C2)C3)C[C@@H]2OC(=O)N(C(=O)COC(C)=O)[C@H]2[C@H]([C@H](OC(C)=O)[C@@H](COC(C)=O)OC(C)=O)O1. The minimum absolute atomic E-state index is 0.217. The maximum absolute atomic E-state index is 13.9. The van der Waals surface area contributed by atoms with Gasteiger partial charge >= 0.3 is 35.9 Å². The number of nitrogens with zero attached hydrogens (tertiary/aromatic N) is 1. The number of ether oxygens (including phenoxy) is 7. The monoisotopic (exact) mass is 683 g/mol. The maximum atomic E-state index is 13.9. The van der Waals surface area contributed by atoms with Crippen molar-refractivity contribution in [1.82, 2.24) is 4.90 Å². The summed E-state index contributed by atoms with van der Waals surface area (Å²) in [6, 6.07) is -1.35. The Morgan fingerprint density at radius 1 is 0.851 bits per heavy atom. The normalized spacial score (nSPS) is 34.7. The highest BCUT2D eigenvalue weighted by Crippen LogP contribution is 2.64. The first-order valence-corrected chi connectivity index (χ1v) is 16.6. The molecule has 0 aromatic carbocycles. The van der Waals surface area contributed by atoms with Crippen LogP contribution in [0.5, 0.6) is 0 Å². The van der Waals surface area contributed by atoms with Crippen molar-refractivity contribution in [1.29, 1.82) is 0 Å². The van der Waals surface area contributed by atoms with Crippen LogP contribution in [0, 0.1) is 17.8 Å². The molecule has 15 nitrogen and oxygen atoms in total. The van der Waals surface area contributed by atoms with Crippen molar-refractivity contribution >= 4 is 53.6 Å². The molecule has 0 aromatic rings. The highest BCUT2D eigenvalue weighted by Gasteiger charge is 2.66. The standard InChI is InChI=1S/C31H41NO14S/c1-15(33)41-13-23(43-17(3)35)26(44-18(4)36)27-25-22(45-29(39)32(25)24(37)14-42-16(2)34)12-31(46-27,28(38)40-5)47-30-9-19-6-20(10-30)8-21(7-19)11-30/h19-23,25-27H,6-14H2,1-5H3/t19?,20?,21?,22-,23+,25+,26+,27+,30?,31+/m0/s1. The number of fused-ring (bicyclic) bond motifs is 1. The third-order valence-electron chi connectivity index (χ3n) is 9.55. The Hall–Kier alpha value is -3.40. The molecule has 0 aromatic heterocycles. The van der Waals surface area contributed by atoms with E-state index in [4.69, 9.17) is 33.2 Å². The summed E-state index contributed by atoms with van der Waals surface area (Å²) in [6.07, 6.45) is -1.23. The van der Waals surface area contributed by atoms with E-state index in [2.05, 4.69) is 0 Å². The van der Waals surface area contributed by atoms with Crippen molar-refractivity contribution in [2.45, 2.75) is 113 Å². The molecular formula is C31H41NO14S. The molecule has 2 heterocycles. The van der Waals surface area contributed by atoms with Gasteiger partial charge in [-0.1, -0.05) is 0 Å². The summed E-state index contributed by atoms with van der Waals surface area (Å²) in [7, 11) is 1.20. The van der Waals surface area contributed by atoms with E-state index in [1.54, 1.807) is 0 Å². The number of rotatable bonds is 11. The number of carbonyl (C=O) groups excluding carboxylic acids is 7. The first kappa shape index (κ1) is 34.9. The molecule has 0 radical (unpaired) electrons. The number of esters is 5. The van der Waals surface area contributed by atoms with E-state index >= 15 is 0 Å². The molecule has 6 fully saturated rings. The summed E-state index contributed by atoms with van der Waals surface area (Å²) in [5.74, 6) is -3.42. The summed E-state index contributed by atoms with van der Waals surface area (Å²) in [5.41, 5.74) is 0. The first-order valence-electron chi connectivity index (χ1n) is 15.7. The summed E-state index contributed by atoms with van der Waals surface area (Å²) < 4.78 is 38.5. The van der Waals surface area contributed by atoms with Gasteiger partial charge in [0.2, 0.25) is 4.93 Å². The molecule has 4 bridgehead atoms. The Balaban J connectivity index is 1.60. The van der Waals surface area contributed by atoms with Crippen LogP contribution in [0.2, 0.25) is 0 Å². The second-order valence-electron chi connectivity index (χ2n) is 13.2. The van der Waals surface area contributed by atoms with Crippen LogP contribution in [0.3, 0.4) is 0 Å². The number of thioether (sulfide) groups is 1. The van der Waals surface area contributed by atoms with Crippen molar-refractivity contribution in [3.05, 3.63) is 0 Å². The molecule has 47 heavy (non-hydrogen) atoms. The highest BCUT2D eigenvalue weighted by molar-refractivity contribution is 8.02. The Morgan fingerprint density at radius 3 is 1.94 bits per heavy atom. The van der Waals surface area contributed by atoms with Crippen LogP contribution in [-0.2, 0) is 61.9 Å². The van der Waals surface area contributed by atoms with E-state index < -0.39 is 90.5 Å². The van der Waals surface area contributed by atoms with Crippen LogP contribution in [0.15, 0.2) is 0 Å². The molecule has 16 heteroatoms. The van der Waals surface area contributed by atoms with Gasteiger partial charge in [-0.25, -0.2) is 14.5 Å². The van der Waals surface area contributed by atoms with Gasteiger partial charge in [0.05, 0.1) is 7.11 Å². The smallest absolute Gasteiger partial charge is 0.417 e. The predicted octanol–water partition coefficient (Wildman–Crippen LogP) is 2.05. The van der Waals surface area contributed by atoms with Gasteiger partial charge in [-0.05, 0) is 56.3 Å². The Labute approximate surface area is 275 Å². The molecule has 2 saturated heterocycles. The lowest BCUT2D eigenvalue weighted by Crippen LogP contribution is -2.67. The van der Waals surface area contributed by atoms with Gasteiger partial charge < -0.3 is 33.2 Å². The minimum atomic E-state index is -1.80. The van der Waals surface area contributed by atoms with Gasteiger partial charge in [-0.15, -0.1) is 11.8 Å². The zero-order chi connectivity index (χ0) is 34.3. The Morgan fingerprint density at radius 2 is 1.43 bits per heavy atom. The lowest BCUT2D eigenvalue weighted by atomic mass is 9.56. The second kappa shape index (κ2) is 13.6. The Bertz CT molecular complexity index is 1280. The van der Waals surface area contributed by atoms with E-state index in [1.165, 1.54) is 18.9 Å². The van der Waals surface area contributed by atoms with E-state index in [1.807, 2.05) is 0 Å². The van der Waals surface area contributed by atoms with Crippen LogP contribution >= 0.6 is 11.8 Å². The summed E-state index contributed by atoms with van der Waals surface area (Å²) >= 11 is 1.32. The van der Waals surface area contributed by atoms with Crippen molar-refractivity contribution in [2.24, 2.45) is 17.8 Å². The van der Waals surface area contributed by atoms with E-state index in [0.29, 0.717) is 22.7 Å². The molecule has 2 aliphatic heterocycles. The third-order valence-corrected chi connectivity index (χ3v) is 11.2. The fourth-order valence-electron chi connectivity index (χ4n) is 8.48. The predicted molar refractivity (Wildman–Crippen MR) is 158 cm³/mol. The summed E-state index contributed by atoms with van der Waals surface area (Å²) in [4.78, 5) is 87.6. The molecule has 6 rings (SSSR count). The molecular weight excluding hydrogens is 642 g/mol. The molecule has 260 valence electrons. The lowest BCUT2D eigenvalue weighted by molar-refractivity contribution is -0.219. The molecule has 4 aliphatic carbocycles. The fourth-order valence-corrected chi connectivity index (χ4v) is 10.7. The van der Waals surface area contributed by atoms with E-state index in [0.717, 1.165) is 66.2 Å². The third kappa shape index (κ3) is 7.37. The molecule has 0 spiro atoms. The molecule has 2 amide bonds. The topological polar surface area (TPSA) is 187 Å². The van der Waals surface area contributed by atoms with Crippen LogP contribution < -0.4 is 0 Å². The van der Waals surface area contributed by atoms with Gasteiger partial charge in [-0.2, -0.15) is 0 Å². The van der Waals surface area contributed by atoms with Gasteiger partial charge in [0.15, 0.2) is 18.8 Å². The average molecular weight is 684 g/mol. The molecule has 6 aliphatic rings.